The Morgan fingerprint density at radius 1 is 1.38 bits per heavy atom. The van der Waals surface area contributed by atoms with Gasteiger partial charge < -0.3 is 4.74 Å². The van der Waals surface area contributed by atoms with Crippen molar-refractivity contribution in [3.63, 3.8) is 0 Å². The molecule has 0 aliphatic rings. The Hall–Kier alpha value is -0.930. The van der Waals surface area contributed by atoms with Crippen LogP contribution in [-0.2, 0) is 32.5 Å². The fraction of sp³-hybridized carbons (Fsp3) is 0.143. The number of aromatic nitrogens is 3. The van der Waals surface area contributed by atoms with E-state index in [2.05, 4.69) is 15.4 Å². The van der Waals surface area contributed by atoms with Gasteiger partial charge >= 0.3 is 10.1 Å². The van der Waals surface area contributed by atoms with Crippen molar-refractivity contribution < 1.29 is 40.1 Å². The van der Waals surface area contributed by atoms with E-state index in [-0.39, 0.29) is 38.5 Å². The zero-order valence-electron chi connectivity index (χ0n) is 7.93. The average molecular weight is 337 g/mol. The van der Waals surface area contributed by atoms with E-state index in [4.69, 9.17) is 9.29 Å². The second-order valence-electron chi connectivity index (χ2n) is 2.76. The number of aromatic amines is 1. The molecule has 0 spiro atoms. The minimum atomic E-state index is -4.39. The fourth-order valence-corrected chi connectivity index (χ4v) is 2.08. The molecule has 0 fully saturated rings. The summed E-state index contributed by atoms with van der Waals surface area (Å²) in [6.07, 6.45) is 0. The van der Waals surface area contributed by atoms with Crippen molar-refractivity contribution in [2.75, 3.05) is 7.11 Å². The van der Waals surface area contributed by atoms with E-state index in [1.807, 2.05) is 0 Å². The van der Waals surface area contributed by atoms with Gasteiger partial charge in [-0.3, -0.25) is 4.55 Å². The predicted octanol–water partition coefficient (Wildman–Crippen LogP) is 0.211. The molecule has 0 unspecified atom stereocenters. The second kappa shape index (κ2) is 4.52. The van der Waals surface area contributed by atoms with E-state index < -0.39 is 10.1 Å². The third-order valence-corrected chi connectivity index (χ3v) is 2.79. The summed E-state index contributed by atoms with van der Waals surface area (Å²) < 4.78 is 36.1. The summed E-state index contributed by atoms with van der Waals surface area (Å²) >= 11 is 0. The monoisotopic (exact) mass is 336 g/mol. The van der Waals surface area contributed by atoms with Crippen LogP contribution in [0.2, 0.25) is 0 Å². The molecule has 1 aromatic carbocycles. The summed E-state index contributed by atoms with van der Waals surface area (Å²) in [5.41, 5.74) is 0.389. The van der Waals surface area contributed by atoms with Crippen molar-refractivity contribution in [3.05, 3.63) is 12.1 Å². The van der Waals surface area contributed by atoms with Crippen molar-refractivity contribution in [3.8, 4) is 5.75 Å². The van der Waals surface area contributed by atoms with Crippen molar-refractivity contribution in [1.29, 1.82) is 0 Å². The van der Waals surface area contributed by atoms with E-state index in [9.17, 15) is 8.42 Å². The van der Waals surface area contributed by atoms with Crippen LogP contribution in [0.1, 0.15) is 0 Å². The molecule has 1 aromatic heterocycles. The molecule has 1 heterocycles. The Kier molecular flexibility index (Phi) is 3.71. The molecular weight excluding hydrogens is 330 g/mol. The first-order chi connectivity index (χ1) is 7.04. The van der Waals surface area contributed by atoms with Crippen LogP contribution in [0.3, 0.4) is 0 Å². The quantitative estimate of drug-likeness (QED) is 0.600. The van der Waals surface area contributed by atoms with Gasteiger partial charge in [0.25, 0.3) is 0 Å². The molecule has 0 atom stereocenters. The number of fused-ring (bicyclic) bond motifs is 1. The smallest absolute Gasteiger partial charge is 0.300 e. The van der Waals surface area contributed by atoms with Crippen LogP contribution in [0.15, 0.2) is 17.0 Å². The van der Waals surface area contributed by atoms with Crippen LogP contribution in [0.5, 0.6) is 5.75 Å². The van der Waals surface area contributed by atoms with E-state index in [1.54, 1.807) is 0 Å². The molecule has 0 saturated carbocycles. The molecule has 16 heavy (non-hydrogen) atoms. The van der Waals surface area contributed by atoms with Crippen molar-refractivity contribution in [1.82, 2.24) is 15.4 Å². The minimum absolute atomic E-state index is 0. The number of nitrogens with one attached hydrogen (secondary N) is 1. The molecule has 91 valence electrons. The number of H-pyrrole nitrogens is 1. The summed E-state index contributed by atoms with van der Waals surface area (Å²) in [4.78, 5) is -0.378. The molecule has 0 amide bonds. The largest absolute Gasteiger partial charge is 0.495 e. The van der Waals surface area contributed by atoms with Crippen LogP contribution in [0, 0.1) is 0 Å². The number of ether oxygens (including phenoxy) is 1. The van der Waals surface area contributed by atoms with Gasteiger partial charge in [0.1, 0.15) is 16.8 Å². The minimum Gasteiger partial charge on any atom is -0.495 e. The SMILES string of the molecule is COc1ccc2n[nH]nc2c1S(=O)(=O)O.[Ag]. The van der Waals surface area contributed by atoms with Gasteiger partial charge in [-0.25, -0.2) is 0 Å². The Morgan fingerprint density at radius 2 is 2.06 bits per heavy atom. The van der Waals surface area contributed by atoms with Gasteiger partial charge in [0.15, 0.2) is 4.90 Å². The first kappa shape index (κ1) is 13.1. The maximum atomic E-state index is 11.1. The van der Waals surface area contributed by atoms with Crippen LogP contribution in [0.25, 0.3) is 11.0 Å². The molecule has 0 saturated heterocycles. The Morgan fingerprint density at radius 3 is 2.62 bits per heavy atom. The first-order valence-corrected chi connectivity index (χ1v) is 5.33. The van der Waals surface area contributed by atoms with Gasteiger partial charge in [-0.15, -0.1) is 0 Å². The number of rotatable bonds is 2. The van der Waals surface area contributed by atoms with Crippen LogP contribution >= 0.6 is 0 Å². The van der Waals surface area contributed by atoms with Crippen molar-refractivity contribution in [2.45, 2.75) is 4.90 Å². The van der Waals surface area contributed by atoms with E-state index >= 15 is 0 Å². The first-order valence-electron chi connectivity index (χ1n) is 3.89. The Balaban J connectivity index is 0.00000128. The molecule has 0 bridgehead atoms. The number of benzene rings is 1. The predicted molar refractivity (Wildman–Crippen MR) is 50.3 cm³/mol. The van der Waals surface area contributed by atoms with E-state index in [0.717, 1.165) is 0 Å². The molecule has 2 aromatic rings. The molecule has 9 heteroatoms. The van der Waals surface area contributed by atoms with Gasteiger partial charge in [-0.1, -0.05) is 0 Å². The third-order valence-electron chi connectivity index (χ3n) is 1.88. The maximum absolute atomic E-state index is 11.1. The van der Waals surface area contributed by atoms with E-state index in [0.29, 0.717) is 5.52 Å². The Bertz CT molecular complexity index is 609. The van der Waals surface area contributed by atoms with E-state index in [1.165, 1.54) is 19.2 Å². The van der Waals surface area contributed by atoms with Crippen LogP contribution < -0.4 is 4.74 Å². The van der Waals surface area contributed by atoms with Gasteiger partial charge in [-0.05, 0) is 12.1 Å². The topological polar surface area (TPSA) is 105 Å². The summed E-state index contributed by atoms with van der Waals surface area (Å²) in [6, 6.07) is 2.93. The maximum Gasteiger partial charge on any atom is 0.300 e. The molecule has 7 nitrogen and oxygen atoms in total. The van der Waals surface area contributed by atoms with Gasteiger partial charge in [0.2, 0.25) is 0 Å². The fourth-order valence-electron chi connectivity index (χ4n) is 1.28. The van der Waals surface area contributed by atoms with Crippen molar-refractivity contribution >= 4 is 21.2 Å². The summed E-state index contributed by atoms with van der Waals surface area (Å²) in [5, 5.41) is 9.61. The summed E-state index contributed by atoms with van der Waals surface area (Å²) in [7, 11) is -3.09. The van der Waals surface area contributed by atoms with Crippen LogP contribution in [0.4, 0.5) is 0 Å². The Labute approximate surface area is 106 Å². The summed E-state index contributed by atoms with van der Waals surface area (Å²) in [5.74, 6) is 0.0268. The second-order valence-corrected chi connectivity index (χ2v) is 4.12. The molecule has 2 rings (SSSR count). The molecule has 0 aliphatic carbocycles. The number of methoxy groups -OCH3 is 1. The zero-order valence-corrected chi connectivity index (χ0v) is 10.2. The van der Waals surface area contributed by atoms with Gasteiger partial charge in [-0.2, -0.15) is 23.8 Å². The standard InChI is InChI=1S/C7H7N3O4S.Ag/c1-14-5-3-2-4-6(9-10-8-4)7(5)15(11,12)13;/h2-3H,1H3,(H,8,9,10)(H,11,12,13);. The van der Waals surface area contributed by atoms with Crippen LogP contribution in [-0.4, -0.2) is 35.5 Å². The normalized spacial score (nSPS) is 11.1. The molecule has 1 radical (unpaired) electrons. The summed E-state index contributed by atoms with van der Waals surface area (Å²) in [6.45, 7) is 0. The third kappa shape index (κ3) is 2.11. The number of nitrogens with zero attached hydrogens (tertiary/aromatic N) is 2. The zero-order chi connectivity index (χ0) is 11.1. The molecule has 0 aliphatic heterocycles. The molecule has 2 N–H and O–H groups in total. The van der Waals surface area contributed by atoms with Gasteiger partial charge in [0.05, 0.1) is 7.11 Å². The average Bonchev–Trinajstić information content (AvgIpc) is 2.61. The number of hydrogen-bond acceptors (Lipinski definition) is 5. The molecular formula is C7H7AgN3O4S. The van der Waals surface area contributed by atoms with Crippen molar-refractivity contribution in [2.24, 2.45) is 0 Å². The number of hydrogen-bond donors (Lipinski definition) is 2. The van der Waals surface area contributed by atoms with Gasteiger partial charge in [0, 0.05) is 22.4 Å².